The number of anilines is 1. The van der Waals surface area contributed by atoms with Crippen molar-refractivity contribution in [1.29, 1.82) is 0 Å². The zero-order valence-corrected chi connectivity index (χ0v) is 12.4. The summed E-state index contributed by atoms with van der Waals surface area (Å²) >= 11 is 0. The predicted molar refractivity (Wildman–Crippen MR) is 83.5 cm³/mol. The van der Waals surface area contributed by atoms with Crippen LogP contribution in [0.5, 0.6) is 5.88 Å². The first-order valence-corrected chi connectivity index (χ1v) is 6.88. The lowest BCUT2D eigenvalue weighted by Crippen LogP contribution is -2.12. The number of para-hydroxylation sites is 2. The van der Waals surface area contributed by atoms with Gasteiger partial charge in [0.05, 0.1) is 29.9 Å². The summed E-state index contributed by atoms with van der Waals surface area (Å²) in [4.78, 5) is 9.06. The minimum Gasteiger partial charge on any atom is -0.481 e. The molecule has 108 valence electrons. The van der Waals surface area contributed by atoms with Gasteiger partial charge < -0.3 is 14.6 Å². The first kappa shape index (κ1) is 13.4. The summed E-state index contributed by atoms with van der Waals surface area (Å²) in [5.41, 5.74) is 3.00. The van der Waals surface area contributed by atoms with E-state index in [-0.39, 0.29) is 6.04 Å². The number of imidazole rings is 1. The molecule has 0 bridgehead atoms. The highest BCUT2D eigenvalue weighted by atomic mass is 16.5. The highest BCUT2D eigenvalue weighted by Gasteiger charge is 2.12. The summed E-state index contributed by atoms with van der Waals surface area (Å²) < 4.78 is 7.21. The second kappa shape index (κ2) is 5.44. The van der Waals surface area contributed by atoms with E-state index in [9.17, 15) is 0 Å². The molecule has 21 heavy (non-hydrogen) atoms. The van der Waals surface area contributed by atoms with Crippen LogP contribution < -0.4 is 10.1 Å². The standard InChI is InChI=1S/C16H18N4O/c1-11(12-8-6-10-15(18-12)21-3)17-16-19-13-7-4-5-9-14(13)20(16)2/h4-11H,1-3H3,(H,17,19). The van der Waals surface area contributed by atoms with Gasteiger partial charge in [-0.2, -0.15) is 0 Å². The largest absolute Gasteiger partial charge is 0.481 e. The van der Waals surface area contributed by atoms with E-state index in [0.29, 0.717) is 5.88 Å². The van der Waals surface area contributed by atoms with E-state index >= 15 is 0 Å². The topological polar surface area (TPSA) is 52.0 Å². The molecular weight excluding hydrogens is 264 g/mol. The van der Waals surface area contributed by atoms with Crippen LogP contribution in [-0.4, -0.2) is 21.6 Å². The van der Waals surface area contributed by atoms with Crippen LogP contribution in [0.2, 0.25) is 0 Å². The molecule has 1 unspecified atom stereocenters. The molecule has 0 aliphatic rings. The van der Waals surface area contributed by atoms with Crippen molar-refractivity contribution >= 4 is 17.0 Å². The van der Waals surface area contributed by atoms with Gasteiger partial charge in [-0.05, 0) is 25.1 Å². The van der Waals surface area contributed by atoms with Crippen LogP contribution in [0.3, 0.4) is 0 Å². The molecule has 2 aromatic heterocycles. The Kier molecular flexibility index (Phi) is 3.48. The van der Waals surface area contributed by atoms with Crippen molar-refractivity contribution in [2.75, 3.05) is 12.4 Å². The number of aryl methyl sites for hydroxylation is 1. The van der Waals surface area contributed by atoms with Crippen LogP contribution in [0.25, 0.3) is 11.0 Å². The molecule has 3 rings (SSSR count). The average Bonchev–Trinajstić information content (AvgIpc) is 2.84. The molecule has 0 aliphatic heterocycles. The van der Waals surface area contributed by atoms with Crippen LogP contribution >= 0.6 is 0 Å². The monoisotopic (exact) mass is 282 g/mol. The molecule has 3 aromatic rings. The Labute approximate surface area is 123 Å². The summed E-state index contributed by atoms with van der Waals surface area (Å²) in [6, 6.07) is 13.9. The minimum atomic E-state index is 0.0376. The third-order valence-electron chi connectivity index (χ3n) is 3.53. The highest BCUT2D eigenvalue weighted by Crippen LogP contribution is 2.22. The number of nitrogens with one attached hydrogen (secondary N) is 1. The number of hydrogen-bond acceptors (Lipinski definition) is 4. The second-order valence-electron chi connectivity index (χ2n) is 4.95. The van der Waals surface area contributed by atoms with Gasteiger partial charge in [0.25, 0.3) is 0 Å². The normalized spacial score (nSPS) is 12.3. The fourth-order valence-corrected chi connectivity index (χ4v) is 2.33. The van der Waals surface area contributed by atoms with Crippen molar-refractivity contribution in [2.45, 2.75) is 13.0 Å². The Morgan fingerprint density at radius 1 is 1.10 bits per heavy atom. The van der Waals surface area contributed by atoms with E-state index in [1.54, 1.807) is 7.11 Å². The van der Waals surface area contributed by atoms with Gasteiger partial charge >= 0.3 is 0 Å². The van der Waals surface area contributed by atoms with Crippen molar-refractivity contribution in [3.05, 3.63) is 48.2 Å². The fraction of sp³-hybridized carbons (Fsp3) is 0.250. The Balaban J connectivity index is 1.88. The molecule has 0 saturated heterocycles. The molecule has 1 aromatic carbocycles. The summed E-state index contributed by atoms with van der Waals surface area (Å²) in [5.74, 6) is 1.44. The average molecular weight is 282 g/mol. The van der Waals surface area contributed by atoms with Crippen LogP contribution in [0.15, 0.2) is 42.5 Å². The Hall–Kier alpha value is -2.56. The maximum atomic E-state index is 5.17. The third kappa shape index (κ3) is 2.54. The number of rotatable bonds is 4. The van der Waals surface area contributed by atoms with Gasteiger partial charge in [-0.25, -0.2) is 9.97 Å². The number of methoxy groups -OCH3 is 1. The van der Waals surface area contributed by atoms with Crippen molar-refractivity contribution < 1.29 is 4.74 Å². The molecule has 1 N–H and O–H groups in total. The number of pyridine rings is 1. The summed E-state index contributed by atoms with van der Waals surface area (Å²) in [6.45, 7) is 2.06. The van der Waals surface area contributed by atoms with Gasteiger partial charge in [0.15, 0.2) is 0 Å². The SMILES string of the molecule is COc1cccc(C(C)Nc2nc3ccccc3n2C)n1. The van der Waals surface area contributed by atoms with E-state index in [4.69, 9.17) is 4.74 Å². The molecule has 2 heterocycles. The molecule has 1 atom stereocenters. The van der Waals surface area contributed by atoms with Crippen LogP contribution in [0.4, 0.5) is 5.95 Å². The first-order chi connectivity index (χ1) is 10.2. The van der Waals surface area contributed by atoms with Crippen LogP contribution in [0.1, 0.15) is 18.7 Å². The van der Waals surface area contributed by atoms with Crippen molar-refractivity contribution in [3.63, 3.8) is 0 Å². The molecule has 0 aliphatic carbocycles. The van der Waals surface area contributed by atoms with Crippen molar-refractivity contribution in [2.24, 2.45) is 7.05 Å². The maximum Gasteiger partial charge on any atom is 0.213 e. The lowest BCUT2D eigenvalue weighted by atomic mass is 10.2. The lowest BCUT2D eigenvalue weighted by molar-refractivity contribution is 0.395. The van der Waals surface area contributed by atoms with Gasteiger partial charge in [0.1, 0.15) is 0 Å². The van der Waals surface area contributed by atoms with Gasteiger partial charge in [-0.1, -0.05) is 18.2 Å². The maximum absolute atomic E-state index is 5.17. The molecule has 5 heteroatoms. The molecule has 5 nitrogen and oxygen atoms in total. The van der Waals surface area contributed by atoms with E-state index in [2.05, 4.69) is 28.3 Å². The molecule has 0 spiro atoms. The van der Waals surface area contributed by atoms with Crippen LogP contribution in [-0.2, 0) is 7.05 Å². The van der Waals surface area contributed by atoms with Gasteiger partial charge in [-0.15, -0.1) is 0 Å². The quantitative estimate of drug-likeness (QED) is 0.798. The number of benzene rings is 1. The van der Waals surface area contributed by atoms with Gasteiger partial charge in [-0.3, -0.25) is 0 Å². The fourth-order valence-electron chi connectivity index (χ4n) is 2.33. The number of aromatic nitrogens is 3. The Morgan fingerprint density at radius 3 is 2.67 bits per heavy atom. The van der Waals surface area contributed by atoms with Crippen molar-refractivity contribution in [1.82, 2.24) is 14.5 Å². The third-order valence-corrected chi connectivity index (χ3v) is 3.53. The van der Waals surface area contributed by atoms with E-state index in [1.807, 2.05) is 48.0 Å². The number of ether oxygens (including phenoxy) is 1. The summed E-state index contributed by atoms with van der Waals surface area (Å²) in [7, 11) is 3.62. The zero-order chi connectivity index (χ0) is 14.8. The summed E-state index contributed by atoms with van der Waals surface area (Å²) in [5, 5.41) is 3.40. The van der Waals surface area contributed by atoms with E-state index < -0.39 is 0 Å². The number of nitrogens with zero attached hydrogens (tertiary/aromatic N) is 3. The number of fused-ring (bicyclic) bond motifs is 1. The number of hydrogen-bond donors (Lipinski definition) is 1. The smallest absolute Gasteiger partial charge is 0.213 e. The second-order valence-corrected chi connectivity index (χ2v) is 4.95. The molecular formula is C16H18N4O. The highest BCUT2D eigenvalue weighted by molar-refractivity contribution is 5.78. The lowest BCUT2D eigenvalue weighted by Gasteiger charge is -2.14. The minimum absolute atomic E-state index is 0.0376. The van der Waals surface area contributed by atoms with Gasteiger partial charge in [0, 0.05) is 13.1 Å². The Morgan fingerprint density at radius 2 is 1.90 bits per heavy atom. The molecule has 0 saturated carbocycles. The van der Waals surface area contributed by atoms with Crippen molar-refractivity contribution in [3.8, 4) is 5.88 Å². The summed E-state index contributed by atoms with van der Waals surface area (Å²) in [6.07, 6.45) is 0. The zero-order valence-electron chi connectivity index (χ0n) is 12.4. The molecule has 0 amide bonds. The van der Waals surface area contributed by atoms with Crippen LogP contribution in [0, 0.1) is 0 Å². The van der Waals surface area contributed by atoms with E-state index in [1.165, 1.54) is 0 Å². The Bertz CT molecular complexity index is 766. The molecule has 0 fully saturated rings. The predicted octanol–water partition coefficient (Wildman–Crippen LogP) is 3.15. The van der Waals surface area contributed by atoms with Gasteiger partial charge in [0.2, 0.25) is 11.8 Å². The first-order valence-electron chi connectivity index (χ1n) is 6.88. The molecule has 0 radical (unpaired) electrons. The van der Waals surface area contributed by atoms with E-state index in [0.717, 1.165) is 22.7 Å².